The Kier molecular flexibility index (Phi) is 4.24. The highest BCUT2D eigenvalue weighted by Crippen LogP contribution is 2.04. The van der Waals surface area contributed by atoms with Gasteiger partial charge in [0, 0.05) is 6.04 Å². The molecule has 0 aliphatic rings. The normalized spacial score (nSPS) is 12.2. The molecule has 0 bridgehead atoms. The third-order valence-electron chi connectivity index (χ3n) is 1.93. The molecule has 82 valence electrons. The molecule has 1 unspecified atom stereocenters. The van der Waals surface area contributed by atoms with Gasteiger partial charge in [-0.2, -0.15) is 0 Å². The predicted molar refractivity (Wildman–Crippen MR) is 54.8 cm³/mol. The summed E-state index contributed by atoms with van der Waals surface area (Å²) in [4.78, 5) is 11.3. The molecule has 0 aliphatic heterocycles. The average molecular weight is 211 g/mol. The maximum absolute atomic E-state index is 12.8. The molecule has 0 fully saturated rings. The third-order valence-corrected chi connectivity index (χ3v) is 1.93. The topological polar surface area (TPSA) is 49.3 Å². The van der Waals surface area contributed by atoms with Gasteiger partial charge in [0.05, 0.1) is 13.0 Å². The number of benzene rings is 1. The summed E-state index contributed by atoms with van der Waals surface area (Å²) in [6, 6.07) is 5.63. The standard InChI is InChI=1S/C11H14FNO2/c1-8(7-14)13-11(15)6-9-3-2-4-10(12)5-9/h2-5,8,14H,6-7H2,1H3,(H,13,15). The van der Waals surface area contributed by atoms with Crippen LogP contribution < -0.4 is 5.32 Å². The second kappa shape index (κ2) is 5.46. The summed E-state index contributed by atoms with van der Waals surface area (Å²) in [7, 11) is 0. The first-order valence-corrected chi connectivity index (χ1v) is 4.76. The van der Waals surface area contributed by atoms with Gasteiger partial charge in [-0.3, -0.25) is 4.79 Å². The SMILES string of the molecule is CC(CO)NC(=O)Cc1cccc(F)c1. The molecule has 2 N–H and O–H groups in total. The number of aliphatic hydroxyl groups is 1. The van der Waals surface area contributed by atoms with Crippen molar-refractivity contribution in [1.82, 2.24) is 5.32 Å². The molecular weight excluding hydrogens is 197 g/mol. The van der Waals surface area contributed by atoms with E-state index in [2.05, 4.69) is 5.32 Å². The molecular formula is C11H14FNO2. The van der Waals surface area contributed by atoms with Crippen molar-refractivity contribution in [3.05, 3.63) is 35.6 Å². The van der Waals surface area contributed by atoms with Crippen molar-refractivity contribution >= 4 is 5.91 Å². The number of carbonyl (C=O) groups excluding carboxylic acids is 1. The summed E-state index contributed by atoms with van der Waals surface area (Å²) < 4.78 is 12.8. The molecule has 1 aromatic carbocycles. The van der Waals surface area contributed by atoms with Crippen molar-refractivity contribution in [2.45, 2.75) is 19.4 Å². The van der Waals surface area contributed by atoms with Crippen molar-refractivity contribution in [3.63, 3.8) is 0 Å². The first-order chi connectivity index (χ1) is 7.11. The fourth-order valence-corrected chi connectivity index (χ4v) is 1.20. The predicted octanol–water partition coefficient (Wildman–Crippen LogP) is 0.865. The highest BCUT2D eigenvalue weighted by Gasteiger charge is 2.07. The molecule has 15 heavy (non-hydrogen) atoms. The molecule has 4 heteroatoms. The Bertz CT molecular complexity index is 341. The molecule has 0 saturated carbocycles. The van der Waals surface area contributed by atoms with E-state index in [1.54, 1.807) is 19.1 Å². The molecule has 0 aromatic heterocycles. The summed E-state index contributed by atoms with van der Waals surface area (Å²) in [5, 5.41) is 11.3. The zero-order chi connectivity index (χ0) is 11.3. The van der Waals surface area contributed by atoms with Crippen LogP contribution in [-0.4, -0.2) is 23.7 Å². The quantitative estimate of drug-likeness (QED) is 0.776. The minimum atomic E-state index is -0.351. The highest BCUT2D eigenvalue weighted by atomic mass is 19.1. The zero-order valence-electron chi connectivity index (χ0n) is 8.53. The van der Waals surface area contributed by atoms with Crippen LogP contribution in [0.2, 0.25) is 0 Å². The van der Waals surface area contributed by atoms with Crippen molar-refractivity contribution in [2.75, 3.05) is 6.61 Å². The van der Waals surface area contributed by atoms with E-state index in [-0.39, 0.29) is 30.8 Å². The van der Waals surface area contributed by atoms with Crippen LogP contribution in [0.3, 0.4) is 0 Å². The van der Waals surface area contributed by atoms with Crippen LogP contribution in [0.15, 0.2) is 24.3 Å². The van der Waals surface area contributed by atoms with E-state index in [0.29, 0.717) is 5.56 Å². The smallest absolute Gasteiger partial charge is 0.224 e. The van der Waals surface area contributed by atoms with Crippen molar-refractivity contribution < 1.29 is 14.3 Å². The van der Waals surface area contributed by atoms with Gasteiger partial charge in [-0.15, -0.1) is 0 Å². The lowest BCUT2D eigenvalue weighted by atomic mass is 10.1. The van der Waals surface area contributed by atoms with Crippen molar-refractivity contribution in [2.24, 2.45) is 0 Å². The Hall–Kier alpha value is -1.42. The number of aliphatic hydroxyl groups excluding tert-OH is 1. The van der Waals surface area contributed by atoms with Crippen LogP contribution in [0.4, 0.5) is 4.39 Å². The number of hydrogen-bond acceptors (Lipinski definition) is 2. The molecule has 0 radical (unpaired) electrons. The summed E-state index contributed by atoms with van der Waals surface area (Å²) >= 11 is 0. The number of nitrogens with one attached hydrogen (secondary N) is 1. The fourth-order valence-electron chi connectivity index (χ4n) is 1.20. The maximum Gasteiger partial charge on any atom is 0.224 e. The number of halogens is 1. The van der Waals surface area contributed by atoms with Crippen LogP contribution in [0.1, 0.15) is 12.5 Å². The lowest BCUT2D eigenvalue weighted by Gasteiger charge is -2.10. The molecule has 0 heterocycles. The molecule has 1 atom stereocenters. The minimum absolute atomic E-state index is 0.102. The number of rotatable bonds is 4. The Labute approximate surface area is 87.9 Å². The number of carbonyl (C=O) groups is 1. The Balaban J connectivity index is 2.51. The van der Waals surface area contributed by atoms with E-state index in [1.807, 2.05) is 0 Å². The van der Waals surface area contributed by atoms with E-state index in [0.717, 1.165) is 0 Å². The van der Waals surface area contributed by atoms with E-state index in [4.69, 9.17) is 5.11 Å². The van der Waals surface area contributed by atoms with Gasteiger partial charge in [-0.25, -0.2) is 4.39 Å². The lowest BCUT2D eigenvalue weighted by Crippen LogP contribution is -2.35. The van der Waals surface area contributed by atoms with Gasteiger partial charge in [0.25, 0.3) is 0 Å². The van der Waals surface area contributed by atoms with Crippen LogP contribution in [0.5, 0.6) is 0 Å². The van der Waals surface area contributed by atoms with E-state index in [1.165, 1.54) is 12.1 Å². The van der Waals surface area contributed by atoms with Gasteiger partial charge in [0.2, 0.25) is 5.91 Å². The van der Waals surface area contributed by atoms with Gasteiger partial charge in [-0.05, 0) is 24.6 Å². The zero-order valence-corrected chi connectivity index (χ0v) is 8.53. The Morgan fingerprint density at radius 2 is 2.33 bits per heavy atom. The molecule has 0 aliphatic carbocycles. The van der Waals surface area contributed by atoms with Crippen LogP contribution in [0, 0.1) is 5.82 Å². The van der Waals surface area contributed by atoms with Gasteiger partial charge < -0.3 is 10.4 Å². The van der Waals surface area contributed by atoms with Crippen molar-refractivity contribution in [3.8, 4) is 0 Å². The summed E-state index contributed by atoms with van der Waals surface area (Å²) in [6.07, 6.45) is 0.127. The molecule has 3 nitrogen and oxygen atoms in total. The van der Waals surface area contributed by atoms with Gasteiger partial charge >= 0.3 is 0 Å². The molecule has 0 saturated heterocycles. The fraction of sp³-hybridized carbons (Fsp3) is 0.364. The van der Waals surface area contributed by atoms with Gasteiger partial charge in [0.1, 0.15) is 5.82 Å². The number of amides is 1. The largest absolute Gasteiger partial charge is 0.394 e. The molecule has 1 rings (SSSR count). The number of hydrogen-bond donors (Lipinski definition) is 2. The Morgan fingerprint density at radius 3 is 2.93 bits per heavy atom. The van der Waals surface area contributed by atoms with Gasteiger partial charge in [-0.1, -0.05) is 12.1 Å². The van der Waals surface area contributed by atoms with E-state index >= 15 is 0 Å². The average Bonchev–Trinajstić information content (AvgIpc) is 2.17. The van der Waals surface area contributed by atoms with Crippen LogP contribution in [-0.2, 0) is 11.2 Å². The monoisotopic (exact) mass is 211 g/mol. The molecule has 1 aromatic rings. The Morgan fingerprint density at radius 1 is 1.60 bits per heavy atom. The van der Waals surface area contributed by atoms with Crippen LogP contribution in [0.25, 0.3) is 0 Å². The third kappa shape index (κ3) is 4.08. The van der Waals surface area contributed by atoms with Gasteiger partial charge in [0.15, 0.2) is 0 Å². The molecule has 0 spiro atoms. The maximum atomic E-state index is 12.8. The van der Waals surface area contributed by atoms with E-state index in [9.17, 15) is 9.18 Å². The highest BCUT2D eigenvalue weighted by molar-refractivity contribution is 5.78. The molecule has 1 amide bonds. The first-order valence-electron chi connectivity index (χ1n) is 4.76. The van der Waals surface area contributed by atoms with E-state index < -0.39 is 0 Å². The minimum Gasteiger partial charge on any atom is -0.394 e. The second-order valence-electron chi connectivity index (χ2n) is 3.46. The van der Waals surface area contributed by atoms with Crippen molar-refractivity contribution in [1.29, 1.82) is 0 Å². The second-order valence-corrected chi connectivity index (χ2v) is 3.46. The summed E-state index contributed by atoms with van der Waals surface area (Å²) in [5.41, 5.74) is 0.623. The summed E-state index contributed by atoms with van der Waals surface area (Å²) in [6.45, 7) is 1.60. The lowest BCUT2D eigenvalue weighted by molar-refractivity contribution is -0.121. The first kappa shape index (κ1) is 11.7. The summed E-state index contributed by atoms with van der Waals surface area (Å²) in [5.74, 6) is -0.572. The van der Waals surface area contributed by atoms with Crippen LogP contribution >= 0.6 is 0 Å².